The highest BCUT2D eigenvalue weighted by atomic mass is 79.9. The number of hydrogen-bond acceptors (Lipinski definition) is 5. The molecule has 0 saturated carbocycles. The SMILES string of the molecule is O=C(NNC(=O)c1cccc(NS(=O)(=O)c2ccc(Br)cc2)c1)c1cccnc1. The lowest BCUT2D eigenvalue weighted by molar-refractivity contribution is 0.0846. The number of pyridine rings is 1. The Labute approximate surface area is 175 Å². The van der Waals surface area contributed by atoms with Crippen molar-refractivity contribution < 1.29 is 18.0 Å². The van der Waals surface area contributed by atoms with Gasteiger partial charge in [0.15, 0.2) is 0 Å². The fourth-order valence-electron chi connectivity index (χ4n) is 2.31. The predicted molar refractivity (Wildman–Crippen MR) is 111 cm³/mol. The minimum atomic E-state index is -3.81. The summed E-state index contributed by atoms with van der Waals surface area (Å²) in [5, 5.41) is 0. The third-order valence-corrected chi connectivity index (χ3v) is 5.64. The van der Waals surface area contributed by atoms with Crippen LogP contribution in [-0.4, -0.2) is 25.2 Å². The van der Waals surface area contributed by atoms with E-state index in [0.29, 0.717) is 0 Å². The monoisotopic (exact) mass is 474 g/mol. The molecule has 0 aliphatic heterocycles. The van der Waals surface area contributed by atoms with Gasteiger partial charge in [0.05, 0.1) is 10.5 Å². The van der Waals surface area contributed by atoms with Gasteiger partial charge in [-0.2, -0.15) is 0 Å². The topological polar surface area (TPSA) is 117 Å². The maximum absolute atomic E-state index is 12.5. The molecule has 2 aromatic carbocycles. The Balaban J connectivity index is 1.68. The van der Waals surface area contributed by atoms with E-state index in [9.17, 15) is 18.0 Å². The lowest BCUT2D eigenvalue weighted by Gasteiger charge is -2.10. The van der Waals surface area contributed by atoms with Crippen LogP contribution in [-0.2, 0) is 10.0 Å². The number of benzene rings is 2. The molecule has 0 spiro atoms. The lowest BCUT2D eigenvalue weighted by Crippen LogP contribution is -2.41. The molecule has 0 bridgehead atoms. The average Bonchev–Trinajstić information content (AvgIpc) is 2.72. The van der Waals surface area contributed by atoms with E-state index in [2.05, 4.69) is 36.5 Å². The van der Waals surface area contributed by atoms with Gasteiger partial charge >= 0.3 is 0 Å². The van der Waals surface area contributed by atoms with E-state index in [1.54, 1.807) is 24.3 Å². The Morgan fingerprint density at radius 3 is 2.17 bits per heavy atom. The fourth-order valence-corrected chi connectivity index (χ4v) is 3.62. The molecule has 3 rings (SSSR count). The van der Waals surface area contributed by atoms with E-state index in [-0.39, 0.29) is 21.7 Å². The van der Waals surface area contributed by atoms with E-state index in [0.717, 1.165) is 4.47 Å². The fraction of sp³-hybridized carbons (Fsp3) is 0. The molecule has 8 nitrogen and oxygen atoms in total. The Kier molecular flexibility index (Phi) is 6.25. The normalized spacial score (nSPS) is 10.8. The van der Waals surface area contributed by atoms with Crippen LogP contribution in [0.15, 0.2) is 82.4 Å². The van der Waals surface area contributed by atoms with Gasteiger partial charge in [0, 0.05) is 28.1 Å². The molecule has 0 atom stereocenters. The van der Waals surface area contributed by atoms with E-state index >= 15 is 0 Å². The number of carbonyl (C=O) groups excluding carboxylic acids is 2. The summed E-state index contributed by atoms with van der Waals surface area (Å²) in [5.74, 6) is -1.13. The van der Waals surface area contributed by atoms with E-state index in [4.69, 9.17) is 0 Å². The van der Waals surface area contributed by atoms with Gasteiger partial charge in [-0.25, -0.2) is 8.42 Å². The van der Waals surface area contributed by atoms with E-state index < -0.39 is 21.8 Å². The molecular weight excluding hydrogens is 460 g/mol. The maximum Gasteiger partial charge on any atom is 0.271 e. The molecule has 0 radical (unpaired) electrons. The quantitative estimate of drug-likeness (QED) is 0.491. The summed E-state index contributed by atoms with van der Waals surface area (Å²) < 4.78 is 28.1. The van der Waals surface area contributed by atoms with Crippen LogP contribution in [0.3, 0.4) is 0 Å². The molecule has 1 aromatic heterocycles. The number of aromatic nitrogens is 1. The maximum atomic E-state index is 12.5. The number of amides is 2. The molecular formula is C19H15BrN4O4S. The van der Waals surface area contributed by atoms with Crippen molar-refractivity contribution in [2.45, 2.75) is 4.90 Å². The zero-order valence-electron chi connectivity index (χ0n) is 14.8. The van der Waals surface area contributed by atoms with Crippen LogP contribution < -0.4 is 15.6 Å². The van der Waals surface area contributed by atoms with Gasteiger partial charge in [0.1, 0.15) is 0 Å². The van der Waals surface area contributed by atoms with Crippen molar-refractivity contribution in [1.29, 1.82) is 0 Å². The summed E-state index contributed by atoms with van der Waals surface area (Å²) in [6, 6.07) is 15.2. The molecule has 0 fully saturated rings. The molecule has 3 N–H and O–H groups in total. The summed E-state index contributed by atoms with van der Waals surface area (Å²) in [6.07, 6.45) is 2.88. The third-order valence-electron chi connectivity index (χ3n) is 3.71. The number of hydrazine groups is 1. The molecule has 29 heavy (non-hydrogen) atoms. The Morgan fingerprint density at radius 2 is 1.52 bits per heavy atom. The van der Waals surface area contributed by atoms with Crippen molar-refractivity contribution in [2.24, 2.45) is 0 Å². The molecule has 10 heteroatoms. The Hall–Kier alpha value is -3.24. The number of hydrogen-bond donors (Lipinski definition) is 3. The summed E-state index contributed by atoms with van der Waals surface area (Å²) >= 11 is 3.25. The van der Waals surface area contributed by atoms with Crippen LogP contribution in [0.25, 0.3) is 0 Å². The van der Waals surface area contributed by atoms with Crippen molar-refractivity contribution in [2.75, 3.05) is 4.72 Å². The first kappa shape index (κ1) is 20.5. The van der Waals surface area contributed by atoms with Crippen molar-refractivity contribution in [3.05, 3.63) is 88.7 Å². The van der Waals surface area contributed by atoms with Gasteiger partial charge in [-0.15, -0.1) is 0 Å². The van der Waals surface area contributed by atoms with Crippen molar-refractivity contribution >= 4 is 43.5 Å². The number of carbonyl (C=O) groups is 2. The zero-order chi connectivity index (χ0) is 20.9. The Bertz CT molecular complexity index is 1140. The summed E-state index contributed by atoms with van der Waals surface area (Å²) in [4.78, 5) is 28.1. The van der Waals surface area contributed by atoms with Crippen LogP contribution >= 0.6 is 15.9 Å². The number of rotatable bonds is 5. The van der Waals surface area contributed by atoms with Crippen LogP contribution in [0.1, 0.15) is 20.7 Å². The highest BCUT2D eigenvalue weighted by Gasteiger charge is 2.15. The van der Waals surface area contributed by atoms with Crippen LogP contribution in [0, 0.1) is 0 Å². The highest BCUT2D eigenvalue weighted by Crippen LogP contribution is 2.19. The highest BCUT2D eigenvalue weighted by molar-refractivity contribution is 9.10. The summed E-state index contributed by atoms with van der Waals surface area (Å²) in [5.41, 5.74) is 5.20. The van der Waals surface area contributed by atoms with Crippen LogP contribution in [0.2, 0.25) is 0 Å². The number of anilines is 1. The second kappa shape index (κ2) is 8.84. The molecule has 2 amide bonds. The predicted octanol–water partition coefficient (Wildman–Crippen LogP) is 2.72. The first-order valence-electron chi connectivity index (χ1n) is 8.24. The first-order chi connectivity index (χ1) is 13.8. The average molecular weight is 475 g/mol. The molecule has 0 saturated heterocycles. The van der Waals surface area contributed by atoms with Crippen LogP contribution in [0.4, 0.5) is 5.69 Å². The number of sulfonamides is 1. The molecule has 148 valence electrons. The molecule has 3 aromatic rings. The molecule has 0 aliphatic carbocycles. The van der Waals surface area contributed by atoms with Crippen molar-refractivity contribution in [1.82, 2.24) is 15.8 Å². The Morgan fingerprint density at radius 1 is 0.862 bits per heavy atom. The van der Waals surface area contributed by atoms with Gasteiger partial charge in [-0.1, -0.05) is 22.0 Å². The molecule has 1 heterocycles. The minimum Gasteiger partial charge on any atom is -0.280 e. The second-order valence-electron chi connectivity index (χ2n) is 5.79. The summed E-state index contributed by atoms with van der Waals surface area (Å²) in [7, 11) is -3.81. The van der Waals surface area contributed by atoms with Gasteiger partial charge in [0.25, 0.3) is 21.8 Å². The van der Waals surface area contributed by atoms with Crippen LogP contribution in [0.5, 0.6) is 0 Å². The zero-order valence-corrected chi connectivity index (χ0v) is 17.2. The number of nitrogens with one attached hydrogen (secondary N) is 3. The van der Waals surface area contributed by atoms with Gasteiger partial charge in [-0.05, 0) is 54.6 Å². The number of halogens is 1. The van der Waals surface area contributed by atoms with Crippen molar-refractivity contribution in [3.8, 4) is 0 Å². The van der Waals surface area contributed by atoms with Gasteiger partial charge in [0.2, 0.25) is 0 Å². The standard InChI is InChI=1S/C19H15BrN4O4S/c20-15-6-8-17(9-7-15)29(27,28)24-16-5-1-3-13(11-16)18(25)22-23-19(26)14-4-2-10-21-12-14/h1-12,24H,(H,22,25)(H,23,26). The van der Waals surface area contributed by atoms with E-state index in [1.807, 2.05) is 0 Å². The summed E-state index contributed by atoms with van der Waals surface area (Å²) in [6.45, 7) is 0. The minimum absolute atomic E-state index is 0.0827. The van der Waals surface area contributed by atoms with E-state index in [1.165, 1.54) is 48.8 Å². The molecule has 0 unspecified atom stereocenters. The second-order valence-corrected chi connectivity index (χ2v) is 8.39. The first-order valence-corrected chi connectivity index (χ1v) is 10.5. The largest absolute Gasteiger partial charge is 0.280 e. The van der Waals surface area contributed by atoms with Crippen molar-refractivity contribution in [3.63, 3.8) is 0 Å². The number of nitrogens with zero attached hydrogens (tertiary/aromatic N) is 1. The van der Waals surface area contributed by atoms with Gasteiger partial charge in [-0.3, -0.25) is 30.1 Å². The molecule has 0 aliphatic rings. The smallest absolute Gasteiger partial charge is 0.271 e. The lowest BCUT2D eigenvalue weighted by atomic mass is 10.2. The third kappa shape index (κ3) is 5.39. The van der Waals surface area contributed by atoms with Gasteiger partial charge < -0.3 is 0 Å².